The van der Waals surface area contributed by atoms with Gasteiger partial charge in [0.2, 0.25) is 5.75 Å². The van der Waals surface area contributed by atoms with E-state index in [2.05, 4.69) is 4.98 Å². The van der Waals surface area contributed by atoms with Crippen molar-refractivity contribution in [2.75, 3.05) is 27.9 Å². The number of nitrogens with zero attached hydrogens (tertiary/aromatic N) is 2. The van der Waals surface area contributed by atoms with Gasteiger partial charge in [0.25, 0.3) is 5.91 Å². The lowest BCUT2D eigenvalue weighted by Crippen LogP contribution is -2.53. The van der Waals surface area contributed by atoms with Gasteiger partial charge in [-0.25, -0.2) is 4.79 Å². The van der Waals surface area contributed by atoms with Crippen molar-refractivity contribution < 1.29 is 37.3 Å². The largest absolute Gasteiger partial charge is 0.493 e. The van der Waals surface area contributed by atoms with Crippen molar-refractivity contribution in [2.45, 2.75) is 63.0 Å². The first kappa shape index (κ1) is 31.7. The predicted octanol–water partition coefficient (Wildman–Crippen LogP) is 5.76. The minimum atomic E-state index is -3.96. The standard InChI is InChI=1S/C33H38F2N2O6/c1-40-28-20-25(21-29(41-2)30(28)42-3)33(34,35)32(39)37-19-8-7-13-27(37)31(38)43-26(16-14-23-10-5-4-6-11-23)17-15-24-12-9-18-36-22-24/h4-6,9-12,18,20-22,26-27H,7-8,13-17,19H2,1-3H3/t26?,27-/m0/s1. The zero-order valence-corrected chi connectivity index (χ0v) is 24.8. The van der Waals surface area contributed by atoms with Crippen molar-refractivity contribution in [3.8, 4) is 17.2 Å². The van der Waals surface area contributed by atoms with Crippen LogP contribution in [-0.4, -0.2) is 61.8 Å². The maximum absolute atomic E-state index is 15.8. The van der Waals surface area contributed by atoms with Crippen LogP contribution in [0.4, 0.5) is 8.78 Å². The molecule has 2 aromatic carbocycles. The maximum atomic E-state index is 15.8. The number of aromatic nitrogens is 1. The minimum Gasteiger partial charge on any atom is -0.493 e. The Morgan fingerprint density at radius 2 is 1.58 bits per heavy atom. The summed E-state index contributed by atoms with van der Waals surface area (Å²) in [5, 5.41) is 0. The number of benzene rings is 2. The zero-order valence-electron chi connectivity index (χ0n) is 24.8. The molecule has 10 heteroatoms. The summed E-state index contributed by atoms with van der Waals surface area (Å²) in [6.45, 7) is 0.0168. The second kappa shape index (κ2) is 14.8. The van der Waals surface area contributed by atoms with Crippen LogP contribution in [-0.2, 0) is 33.1 Å². The molecule has 2 heterocycles. The van der Waals surface area contributed by atoms with Gasteiger partial charge in [0.1, 0.15) is 12.1 Å². The molecule has 3 aromatic rings. The van der Waals surface area contributed by atoms with E-state index in [1.165, 1.54) is 21.3 Å². The molecule has 0 saturated carbocycles. The summed E-state index contributed by atoms with van der Waals surface area (Å²) in [7, 11) is 3.97. The Hall–Kier alpha value is -4.21. The molecule has 0 radical (unpaired) electrons. The first-order valence-electron chi connectivity index (χ1n) is 14.4. The van der Waals surface area contributed by atoms with Gasteiger partial charge in [0.05, 0.1) is 21.3 Å². The number of carbonyl (C=O) groups excluding carboxylic acids is 2. The molecule has 1 aliphatic rings. The van der Waals surface area contributed by atoms with Gasteiger partial charge in [-0.2, -0.15) is 8.78 Å². The van der Waals surface area contributed by atoms with E-state index in [0.29, 0.717) is 38.5 Å². The van der Waals surface area contributed by atoms with Gasteiger partial charge < -0.3 is 23.8 Å². The van der Waals surface area contributed by atoms with Crippen LogP contribution in [0.3, 0.4) is 0 Å². The highest BCUT2D eigenvalue weighted by atomic mass is 19.3. The van der Waals surface area contributed by atoms with Gasteiger partial charge in [-0.15, -0.1) is 0 Å². The van der Waals surface area contributed by atoms with Crippen molar-refractivity contribution in [3.05, 3.63) is 83.7 Å². The number of rotatable bonds is 13. The Kier molecular flexibility index (Phi) is 10.9. The highest BCUT2D eigenvalue weighted by Gasteiger charge is 2.49. The molecule has 1 fully saturated rings. The quantitative estimate of drug-likeness (QED) is 0.232. The van der Waals surface area contributed by atoms with Crippen LogP contribution in [0.1, 0.15) is 48.8 Å². The summed E-state index contributed by atoms with van der Waals surface area (Å²) in [4.78, 5) is 32.1. The SMILES string of the molecule is COc1cc(C(F)(F)C(=O)N2CCCC[C@H]2C(=O)OC(CCc2ccccc2)CCc2cccnc2)cc(OC)c1OC. The van der Waals surface area contributed by atoms with E-state index in [-0.39, 0.29) is 30.2 Å². The number of methoxy groups -OCH3 is 3. The summed E-state index contributed by atoms with van der Waals surface area (Å²) < 4.78 is 53.3. The molecule has 4 rings (SSSR count). The van der Waals surface area contributed by atoms with Crippen LogP contribution < -0.4 is 14.2 Å². The van der Waals surface area contributed by atoms with Crippen LogP contribution in [0.5, 0.6) is 17.2 Å². The number of hydrogen-bond acceptors (Lipinski definition) is 7. The average molecular weight is 597 g/mol. The fourth-order valence-corrected chi connectivity index (χ4v) is 5.34. The lowest BCUT2D eigenvalue weighted by Gasteiger charge is -2.37. The fraction of sp³-hybridized carbons (Fsp3) is 0.424. The van der Waals surface area contributed by atoms with E-state index in [0.717, 1.165) is 28.2 Å². The smallest absolute Gasteiger partial charge is 0.350 e. The van der Waals surface area contributed by atoms with Crippen LogP contribution in [0.15, 0.2) is 67.0 Å². The molecule has 2 atom stereocenters. The lowest BCUT2D eigenvalue weighted by atomic mass is 9.98. The van der Waals surface area contributed by atoms with E-state index in [4.69, 9.17) is 18.9 Å². The van der Waals surface area contributed by atoms with Crippen LogP contribution in [0.25, 0.3) is 0 Å². The molecule has 1 amide bonds. The summed E-state index contributed by atoms with van der Waals surface area (Å²) in [6, 6.07) is 14.6. The van der Waals surface area contributed by atoms with Crippen molar-refractivity contribution in [1.82, 2.24) is 9.88 Å². The van der Waals surface area contributed by atoms with Gasteiger partial charge in [0, 0.05) is 24.5 Å². The van der Waals surface area contributed by atoms with E-state index in [1.807, 2.05) is 42.5 Å². The van der Waals surface area contributed by atoms with Crippen LogP contribution in [0, 0.1) is 0 Å². The van der Waals surface area contributed by atoms with E-state index >= 15 is 8.78 Å². The number of likely N-dealkylation sites (tertiary alicyclic amines) is 1. The number of pyridine rings is 1. The molecule has 0 aliphatic carbocycles. The van der Waals surface area contributed by atoms with Crippen molar-refractivity contribution >= 4 is 11.9 Å². The van der Waals surface area contributed by atoms with E-state index in [9.17, 15) is 9.59 Å². The monoisotopic (exact) mass is 596 g/mol. The third kappa shape index (κ3) is 7.80. The zero-order chi connectivity index (χ0) is 30.8. The molecule has 1 aliphatic heterocycles. The Morgan fingerprint density at radius 3 is 2.19 bits per heavy atom. The topological polar surface area (TPSA) is 87.2 Å². The molecule has 1 aromatic heterocycles. The van der Waals surface area contributed by atoms with Crippen LogP contribution in [0.2, 0.25) is 0 Å². The Labute approximate surface area is 250 Å². The number of piperidine rings is 1. The lowest BCUT2D eigenvalue weighted by molar-refractivity contribution is -0.173. The van der Waals surface area contributed by atoms with Gasteiger partial charge in [-0.3, -0.25) is 9.78 Å². The van der Waals surface area contributed by atoms with E-state index in [1.54, 1.807) is 12.4 Å². The first-order valence-corrected chi connectivity index (χ1v) is 14.4. The number of esters is 1. The second-order valence-electron chi connectivity index (χ2n) is 10.5. The van der Waals surface area contributed by atoms with Crippen molar-refractivity contribution in [2.24, 2.45) is 0 Å². The third-order valence-electron chi connectivity index (χ3n) is 7.69. The molecule has 0 bridgehead atoms. The number of carbonyl (C=O) groups is 2. The molecule has 0 N–H and O–H groups in total. The summed E-state index contributed by atoms with van der Waals surface area (Å²) in [5.74, 6) is -5.99. The predicted molar refractivity (Wildman–Crippen MR) is 157 cm³/mol. The maximum Gasteiger partial charge on any atom is 0.350 e. The molecular weight excluding hydrogens is 558 g/mol. The molecule has 230 valence electrons. The normalized spacial score (nSPS) is 15.8. The molecule has 43 heavy (non-hydrogen) atoms. The Morgan fingerprint density at radius 1 is 0.930 bits per heavy atom. The van der Waals surface area contributed by atoms with Crippen LogP contribution >= 0.6 is 0 Å². The molecular formula is C33H38F2N2O6. The first-order chi connectivity index (χ1) is 20.8. The van der Waals surface area contributed by atoms with Gasteiger partial charge in [-0.05, 0) is 74.3 Å². The number of amides is 1. The molecule has 1 saturated heterocycles. The number of aryl methyl sites for hydroxylation is 2. The minimum absolute atomic E-state index is 0.00574. The van der Waals surface area contributed by atoms with E-state index < -0.39 is 35.5 Å². The van der Waals surface area contributed by atoms with Gasteiger partial charge in [-0.1, -0.05) is 36.4 Å². The number of halogens is 2. The molecule has 0 spiro atoms. The van der Waals surface area contributed by atoms with Gasteiger partial charge in [0.15, 0.2) is 11.5 Å². The van der Waals surface area contributed by atoms with Crippen molar-refractivity contribution in [3.63, 3.8) is 0 Å². The number of ether oxygens (including phenoxy) is 4. The summed E-state index contributed by atoms with van der Waals surface area (Å²) in [6.07, 6.45) is 6.74. The molecule has 8 nitrogen and oxygen atoms in total. The second-order valence-corrected chi connectivity index (χ2v) is 10.5. The Bertz CT molecular complexity index is 1290. The third-order valence-corrected chi connectivity index (χ3v) is 7.69. The van der Waals surface area contributed by atoms with Crippen molar-refractivity contribution in [1.29, 1.82) is 0 Å². The Balaban J connectivity index is 1.53. The summed E-state index contributed by atoms with van der Waals surface area (Å²) >= 11 is 0. The van der Waals surface area contributed by atoms with Gasteiger partial charge >= 0.3 is 11.9 Å². The number of hydrogen-bond donors (Lipinski definition) is 0. The molecule has 1 unspecified atom stereocenters. The average Bonchev–Trinajstić information content (AvgIpc) is 3.05. The fourth-order valence-electron chi connectivity index (χ4n) is 5.34. The summed E-state index contributed by atoms with van der Waals surface area (Å²) in [5.41, 5.74) is 1.48. The highest BCUT2D eigenvalue weighted by Crippen LogP contribution is 2.43. The number of alkyl halides is 2. The highest BCUT2D eigenvalue weighted by molar-refractivity contribution is 5.90.